The molecule has 0 bridgehead atoms. The number of benzene rings is 1. The second-order valence-corrected chi connectivity index (χ2v) is 3.96. The van der Waals surface area contributed by atoms with Crippen molar-refractivity contribution in [3.63, 3.8) is 0 Å². The van der Waals surface area contributed by atoms with Crippen LogP contribution in [-0.2, 0) is 6.54 Å². The predicted molar refractivity (Wildman–Crippen MR) is 71.2 cm³/mol. The van der Waals surface area contributed by atoms with E-state index in [0.717, 1.165) is 11.3 Å². The number of anilines is 1. The molecule has 0 radical (unpaired) electrons. The molecule has 5 heteroatoms. The van der Waals surface area contributed by atoms with Crippen LogP contribution in [0, 0.1) is 11.3 Å². The Hall–Kier alpha value is -2.87. The van der Waals surface area contributed by atoms with Crippen LogP contribution in [0.5, 0.6) is 0 Å². The molecule has 0 aliphatic heterocycles. The minimum Gasteiger partial charge on any atom is -0.381 e. The monoisotopic (exact) mass is 252 g/mol. The number of rotatable bonds is 4. The standard InChI is InChI=1S/C14H12N4O/c15-8-10-1-3-11(4-2-10)9-18-12-5-6-17-13(7-12)14(16)19/h1-7H,9H2,(H2,16,19)(H,17,18). The lowest BCUT2D eigenvalue weighted by atomic mass is 10.1. The van der Waals surface area contributed by atoms with Gasteiger partial charge in [-0.05, 0) is 29.8 Å². The lowest BCUT2D eigenvalue weighted by Gasteiger charge is -2.07. The van der Waals surface area contributed by atoms with Gasteiger partial charge in [0.15, 0.2) is 0 Å². The van der Waals surface area contributed by atoms with Crippen LogP contribution >= 0.6 is 0 Å². The Balaban J connectivity index is 2.03. The number of pyridine rings is 1. The third kappa shape index (κ3) is 3.30. The topological polar surface area (TPSA) is 91.8 Å². The Morgan fingerprint density at radius 1 is 1.32 bits per heavy atom. The van der Waals surface area contributed by atoms with Crippen LogP contribution in [0.25, 0.3) is 0 Å². The van der Waals surface area contributed by atoms with Crippen LogP contribution in [-0.4, -0.2) is 10.9 Å². The predicted octanol–water partition coefficient (Wildman–Crippen LogP) is 1.66. The zero-order valence-electron chi connectivity index (χ0n) is 10.1. The number of nitriles is 1. The van der Waals surface area contributed by atoms with E-state index in [1.807, 2.05) is 12.1 Å². The Kier molecular flexibility index (Phi) is 3.74. The van der Waals surface area contributed by atoms with Crippen LogP contribution in [0.3, 0.4) is 0 Å². The van der Waals surface area contributed by atoms with Crippen LogP contribution in [0.1, 0.15) is 21.6 Å². The highest BCUT2D eigenvalue weighted by Gasteiger charge is 2.02. The van der Waals surface area contributed by atoms with Gasteiger partial charge in [0, 0.05) is 18.4 Å². The van der Waals surface area contributed by atoms with Crippen molar-refractivity contribution in [3.05, 3.63) is 59.4 Å². The minimum atomic E-state index is -0.554. The highest BCUT2D eigenvalue weighted by molar-refractivity contribution is 5.91. The van der Waals surface area contributed by atoms with Gasteiger partial charge in [-0.25, -0.2) is 0 Å². The molecular weight excluding hydrogens is 240 g/mol. The molecule has 5 nitrogen and oxygen atoms in total. The maximum Gasteiger partial charge on any atom is 0.267 e. The Morgan fingerprint density at radius 3 is 2.68 bits per heavy atom. The van der Waals surface area contributed by atoms with Crippen molar-refractivity contribution >= 4 is 11.6 Å². The fourth-order valence-corrected chi connectivity index (χ4v) is 1.58. The van der Waals surface area contributed by atoms with E-state index < -0.39 is 5.91 Å². The molecule has 0 unspecified atom stereocenters. The molecule has 0 saturated heterocycles. The largest absolute Gasteiger partial charge is 0.381 e. The number of hydrogen-bond acceptors (Lipinski definition) is 4. The number of aromatic nitrogens is 1. The quantitative estimate of drug-likeness (QED) is 0.865. The molecule has 2 aromatic rings. The number of carbonyl (C=O) groups excluding carboxylic acids is 1. The highest BCUT2D eigenvalue weighted by atomic mass is 16.1. The summed E-state index contributed by atoms with van der Waals surface area (Å²) in [6.07, 6.45) is 1.53. The van der Waals surface area contributed by atoms with Gasteiger partial charge >= 0.3 is 0 Å². The molecule has 0 aliphatic carbocycles. The summed E-state index contributed by atoms with van der Waals surface area (Å²) >= 11 is 0. The number of nitrogens with two attached hydrogens (primary N) is 1. The van der Waals surface area contributed by atoms with Crippen molar-refractivity contribution in [1.82, 2.24) is 4.98 Å². The Bertz CT molecular complexity index is 629. The molecule has 3 N–H and O–H groups in total. The van der Waals surface area contributed by atoms with Gasteiger partial charge in [0.05, 0.1) is 11.6 Å². The first-order chi connectivity index (χ1) is 9.19. The number of hydrogen-bond donors (Lipinski definition) is 2. The fraction of sp³-hybridized carbons (Fsp3) is 0.0714. The van der Waals surface area contributed by atoms with Gasteiger partial charge in [0.2, 0.25) is 0 Å². The summed E-state index contributed by atoms with van der Waals surface area (Å²) < 4.78 is 0. The maximum absolute atomic E-state index is 11.0. The summed E-state index contributed by atoms with van der Waals surface area (Å²) in [5.74, 6) is -0.554. The third-order valence-electron chi connectivity index (χ3n) is 2.59. The molecule has 0 fully saturated rings. The number of nitrogens with zero attached hydrogens (tertiary/aromatic N) is 2. The molecule has 1 heterocycles. The van der Waals surface area contributed by atoms with Crippen molar-refractivity contribution in [2.24, 2.45) is 5.73 Å². The second kappa shape index (κ2) is 5.65. The minimum absolute atomic E-state index is 0.227. The Labute approximate surface area is 110 Å². The molecule has 2 rings (SSSR count). The van der Waals surface area contributed by atoms with E-state index in [0.29, 0.717) is 12.1 Å². The highest BCUT2D eigenvalue weighted by Crippen LogP contribution is 2.10. The van der Waals surface area contributed by atoms with Crippen molar-refractivity contribution in [1.29, 1.82) is 5.26 Å². The summed E-state index contributed by atoms with van der Waals surface area (Å²) in [7, 11) is 0. The molecule has 0 spiro atoms. The van der Waals surface area contributed by atoms with Crippen LogP contribution in [0.2, 0.25) is 0 Å². The first-order valence-corrected chi connectivity index (χ1v) is 5.68. The van der Waals surface area contributed by atoms with Gasteiger partial charge in [-0.2, -0.15) is 5.26 Å². The first-order valence-electron chi connectivity index (χ1n) is 5.68. The molecule has 94 valence electrons. The van der Waals surface area contributed by atoms with Crippen molar-refractivity contribution in [2.45, 2.75) is 6.54 Å². The number of carbonyl (C=O) groups is 1. The van der Waals surface area contributed by atoms with Crippen molar-refractivity contribution < 1.29 is 4.79 Å². The van der Waals surface area contributed by atoms with Gasteiger partial charge in [-0.15, -0.1) is 0 Å². The smallest absolute Gasteiger partial charge is 0.267 e. The van der Waals surface area contributed by atoms with E-state index in [9.17, 15) is 4.79 Å². The summed E-state index contributed by atoms with van der Waals surface area (Å²) in [5, 5.41) is 11.9. The second-order valence-electron chi connectivity index (χ2n) is 3.96. The van der Waals surface area contributed by atoms with E-state index in [1.165, 1.54) is 6.20 Å². The lowest BCUT2D eigenvalue weighted by molar-refractivity contribution is 0.0995. The Morgan fingerprint density at radius 2 is 2.05 bits per heavy atom. The van der Waals surface area contributed by atoms with Gasteiger partial charge in [-0.1, -0.05) is 12.1 Å². The lowest BCUT2D eigenvalue weighted by Crippen LogP contribution is -2.13. The van der Waals surface area contributed by atoms with E-state index in [1.54, 1.807) is 24.3 Å². The third-order valence-corrected chi connectivity index (χ3v) is 2.59. The van der Waals surface area contributed by atoms with E-state index in [4.69, 9.17) is 11.0 Å². The fourth-order valence-electron chi connectivity index (χ4n) is 1.58. The summed E-state index contributed by atoms with van der Waals surface area (Å²) in [4.78, 5) is 14.9. The van der Waals surface area contributed by atoms with Gasteiger partial charge in [-0.3, -0.25) is 9.78 Å². The normalized spacial score (nSPS) is 9.63. The molecule has 0 saturated carbocycles. The average molecular weight is 252 g/mol. The van der Waals surface area contributed by atoms with Gasteiger partial charge in [0.25, 0.3) is 5.91 Å². The molecule has 1 aromatic carbocycles. The van der Waals surface area contributed by atoms with E-state index in [2.05, 4.69) is 16.4 Å². The van der Waals surface area contributed by atoms with Gasteiger partial charge < -0.3 is 11.1 Å². The SMILES string of the molecule is N#Cc1ccc(CNc2ccnc(C(N)=O)c2)cc1. The zero-order valence-corrected chi connectivity index (χ0v) is 10.1. The maximum atomic E-state index is 11.0. The zero-order chi connectivity index (χ0) is 13.7. The van der Waals surface area contributed by atoms with Gasteiger partial charge in [0.1, 0.15) is 5.69 Å². The number of primary amides is 1. The van der Waals surface area contributed by atoms with Crippen molar-refractivity contribution in [3.8, 4) is 6.07 Å². The molecule has 1 aromatic heterocycles. The van der Waals surface area contributed by atoms with E-state index in [-0.39, 0.29) is 5.69 Å². The van der Waals surface area contributed by atoms with Crippen LogP contribution < -0.4 is 11.1 Å². The molecule has 19 heavy (non-hydrogen) atoms. The van der Waals surface area contributed by atoms with Crippen LogP contribution in [0.4, 0.5) is 5.69 Å². The van der Waals surface area contributed by atoms with E-state index >= 15 is 0 Å². The molecular formula is C14H12N4O. The van der Waals surface area contributed by atoms with Crippen molar-refractivity contribution in [2.75, 3.05) is 5.32 Å². The summed E-state index contributed by atoms with van der Waals surface area (Å²) in [6.45, 7) is 0.591. The number of amides is 1. The first kappa shape index (κ1) is 12.6. The van der Waals surface area contributed by atoms with Crippen LogP contribution in [0.15, 0.2) is 42.6 Å². The molecule has 1 amide bonds. The average Bonchev–Trinajstić information content (AvgIpc) is 2.46. The summed E-state index contributed by atoms with van der Waals surface area (Å²) in [5.41, 5.74) is 7.83. The molecule has 0 aliphatic rings. The molecule has 0 atom stereocenters. The number of nitrogens with one attached hydrogen (secondary N) is 1. The summed E-state index contributed by atoms with van der Waals surface area (Å²) in [6, 6.07) is 12.7.